The van der Waals surface area contributed by atoms with E-state index in [9.17, 15) is 8.42 Å². The first-order chi connectivity index (χ1) is 9.93. The number of ether oxygens (including phenoxy) is 1. The molecule has 0 saturated heterocycles. The van der Waals surface area contributed by atoms with Crippen molar-refractivity contribution in [2.45, 2.75) is 6.42 Å². The van der Waals surface area contributed by atoms with Crippen LogP contribution >= 0.6 is 0 Å². The first-order valence-electron chi connectivity index (χ1n) is 6.61. The Morgan fingerprint density at radius 2 is 2.05 bits per heavy atom. The van der Waals surface area contributed by atoms with Crippen molar-refractivity contribution in [1.82, 2.24) is 9.29 Å². The van der Waals surface area contributed by atoms with E-state index in [0.717, 1.165) is 16.5 Å². The molecule has 3 rings (SSSR count). The van der Waals surface area contributed by atoms with Crippen LogP contribution in [0.5, 0.6) is 5.75 Å². The number of rotatable bonds is 3. The molecule has 1 aliphatic rings. The Kier molecular flexibility index (Phi) is 3.26. The Morgan fingerprint density at radius 1 is 1.29 bits per heavy atom. The normalized spacial score (nSPS) is 14.8. The molecule has 2 heterocycles. The van der Waals surface area contributed by atoms with Gasteiger partial charge in [-0.3, -0.25) is 0 Å². The second-order valence-corrected chi connectivity index (χ2v) is 7.21. The summed E-state index contributed by atoms with van der Waals surface area (Å²) in [6.45, 7) is 0.427. The molecule has 112 valence electrons. The van der Waals surface area contributed by atoms with Crippen LogP contribution in [-0.2, 0) is 16.6 Å². The second kappa shape index (κ2) is 4.85. The van der Waals surface area contributed by atoms with E-state index in [1.165, 1.54) is 22.7 Å². The van der Waals surface area contributed by atoms with Gasteiger partial charge in [0.25, 0.3) is 0 Å². The van der Waals surface area contributed by atoms with E-state index < -0.39 is 10.2 Å². The molecule has 0 radical (unpaired) electrons. The lowest BCUT2D eigenvalue weighted by atomic mass is 10.1. The molecule has 1 aromatic heterocycles. The zero-order valence-electron chi connectivity index (χ0n) is 12.2. The minimum absolute atomic E-state index is 0.427. The number of hydrogen-bond donors (Lipinski definition) is 0. The number of aromatic nitrogens is 1. The number of benzene rings is 1. The molecule has 0 spiro atoms. The Balaban J connectivity index is 2.16. The second-order valence-electron chi connectivity index (χ2n) is 5.14. The van der Waals surface area contributed by atoms with Crippen LogP contribution in [0.2, 0.25) is 0 Å². The molecule has 0 unspecified atom stereocenters. The summed E-state index contributed by atoms with van der Waals surface area (Å²) < 4.78 is 32.4. The largest absolute Gasteiger partial charge is 0.497 e. The molecular weight excluding hydrogens is 290 g/mol. The number of hydrogen-bond acceptors (Lipinski definition) is 4. The van der Waals surface area contributed by atoms with Gasteiger partial charge in [0.15, 0.2) is 0 Å². The minimum atomic E-state index is -3.50. The average molecular weight is 307 g/mol. The van der Waals surface area contributed by atoms with E-state index in [1.807, 2.05) is 24.3 Å². The number of methoxy groups -OCH3 is 1. The maximum Gasteiger partial charge on any atom is 0.304 e. The molecule has 6 nitrogen and oxygen atoms in total. The molecule has 7 heteroatoms. The summed E-state index contributed by atoms with van der Waals surface area (Å²) in [7, 11) is 1.14. The highest BCUT2D eigenvalue weighted by molar-refractivity contribution is 7.90. The van der Waals surface area contributed by atoms with Crippen molar-refractivity contribution < 1.29 is 13.2 Å². The smallest absolute Gasteiger partial charge is 0.304 e. The van der Waals surface area contributed by atoms with Crippen molar-refractivity contribution in [3.05, 3.63) is 29.8 Å². The molecule has 0 fully saturated rings. The van der Waals surface area contributed by atoms with Gasteiger partial charge in [-0.25, -0.2) is 9.29 Å². The van der Waals surface area contributed by atoms with E-state index in [-0.39, 0.29) is 0 Å². The van der Waals surface area contributed by atoms with Crippen molar-refractivity contribution >= 4 is 26.9 Å². The average Bonchev–Trinajstić information content (AvgIpc) is 2.87. The van der Waals surface area contributed by atoms with Gasteiger partial charge in [-0.2, -0.15) is 12.7 Å². The third-order valence-electron chi connectivity index (χ3n) is 3.64. The fraction of sp³-hybridized carbons (Fsp3) is 0.357. The van der Waals surface area contributed by atoms with Gasteiger partial charge in [0.1, 0.15) is 11.6 Å². The summed E-state index contributed by atoms with van der Waals surface area (Å²) >= 11 is 0. The lowest BCUT2D eigenvalue weighted by Gasteiger charge is -2.22. The molecule has 2 aromatic rings. The first kappa shape index (κ1) is 14.1. The molecule has 0 N–H and O–H groups in total. The van der Waals surface area contributed by atoms with E-state index in [0.29, 0.717) is 24.5 Å². The highest BCUT2D eigenvalue weighted by Crippen LogP contribution is 2.32. The van der Waals surface area contributed by atoms with Crippen molar-refractivity contribution in [3.63, 3.8) is 0 Å². The van der Waals surface area contributed by atoms with E-state index in [2.05, 4.69) is 4.98 Å². The minimum Gasteiger partial charge on any atom is -0.497 e. The Labute approximate surface area is 124 Å². The lowest BCUT2D eigenvalue weighted by Crippen LogP contribution is -2.39. The van der Waals surface area contributed by atoms with Gasteiger partial charge in [0.2, 0.25) is 0 Å². The zero-order valence-corrected chi connectivity index (χ0v) is 13.0. The van der Waals surface area contributed by atoms with Gasteiger partial charge in [-0.15, -0.1) is 0 Å². The maximum absolute atomic E-state index is 12.3. The van der Waals surface area contributed by atoms with Gasteiger partial charge in [0, 0.05) is 32.1 Å². The SMILES string of the molecule is COc1ccc2cc3c(nc2c1)N(S(=O)(=O)N(C)C)CC3. The Bertz CT molecular complexity index is 802. The summed E-state index contributed by atoms with van der Waals surface area (Å²) in [5.74, 6) is 1.22. The van der Waals surface area contributed by atoms with E-state index >= 15 is 0 Å². The fourth-order valence-corrected chi connectivity index (χ4v) is 3.55. The molecule has 0 saturated carbocycles. The van der Waals surface area contributed by atoms with Crippen LogP contribution in [0.25, 0.3) is 10.9 Å². The molecule has 21 heavy (non-hydrogen) atoms. The maximum atomic E-state index is 12.3. The van der Waals surface area contributed by atoms with Gasteiger partial charge in [0.05, 0.1) is 12.6 Å². The molecular formula is C14H17N3O3S. The van der Waals surface area contributed by atoms with Gasteiger partial charge in [-0.05, 0) is 30.2 Å². The number of fused-ring (bicyclic) bond motifs is 2. The number of anilines is 1. The zero-order chi connectivity index (χ0) is 15.2. The van der Waals surface area contributed by atoms with Gasteiger partial charge < -0.3 is 4.74 Å². The van der Waals surface area contributed by atoms with Crippen molar-refractivity contribution in [2.75, 3.05) is 32.1 Å². The molecule has 1 aliphatic heterocycles. The Morgan fingerprint density at radius 3 is 2.71 bits per heavy atom. The monoisotopic (exact) mass is 307 g/mol. The Hall–Kier alpha value is -1.86. The van der Waals surface area contributed by atoms with Crippen LogP contribution in [0.3, 0.4) is 0 Å². The summed E-state index contributed by atoms with van der Waals surface area (Å²) in [6.07, 6.45) is 0.678. The van der Waals surface area contributed by atoms with Crippen molar-refractivity contribution in [1.29, 1.82) is 0 Å². The van der Waals surface area contributed by atoms with Gasteiger partial charge in [-0.1, -0.05) is 0 Å². The summed E-state index contributed by atoms with van der Waals surface area (Å²) in [6, 6.07) is 7.63. The molecule has 0 aliphatic carbocycles. The van der Waals surface area contributed by atoms with Crippen LogP contribution in [0, 0.1) is 0 Å². The van der Waals surface area contributed by atoms with Crippen LogP contribution < -0.4 is 9.04 Å². The fourth-order valence-electron chi connectivity index (χ4n) is 2.46. The molecule has 1 aromatic carbocycles. The first-order valence-corrected chi connectivity index (χ1v) is 8.01. The summed E-state index contributed by atoms with van der Waals surface area (Å²) in [5.41, 5.74) is 1.69. The summed E-state index contributed by atoms with van der Waals surface area (Å²) in [5, 5.41) is 0.985. The van der Waals surface area contributed by atoms with Crippen LogP contribution in [0.1, 0.15) is 5.56 Å². The molecule has 0 bridgehead atoms. The number of pyridine rings is 1. The predicted octanol–water partition coefficient (Wildman–Crippen LogP) is 1.41. The van der Waals surface area contributed by atoms with Crippen molar-refractivity contribution in [3.8, 4) is 5.75 Å². The lowest BCUT2D eigenvalue weighted by molar-refractivity contribution is 0.415. The van der Waals surface area contributed by atoms with Gasteiger partial charge >= 0.3 is 10.2 Å². The molecule has 0 atom stereocenters. The third-order valence-corrected chi connectivity index (χ3v) is 5.48. The standard InChI is InChI=1S/C14H17N3O3S/c1-16(2)21(18,19)17-7-6-11-8-10-4-5-12(20-3)9-13(10)15-14(11)17/h4-5,8-9H,6-7H2,1-3H3. The summed E-state index contributed by atoms with van der Waals surface area (Å²) in [4.78, 5) is 4.53. The highest BCUT2D eigenvalue weighted by atomic mass is 32.2. The van der Waals surface area contributed by atoms with E-state index in [1.54, 1.807) is 7.11 Å². The quantitative estimate of drug-likeness (QED) is 0.860. The topological polar surface area (TPSA) is 62.7 Å². The van der Waals surface area contributed by atoms with Crippen LogP contribution in [0.15, 0.2) is 24.3 Å². The predicted molar refractivity (Wildman–Crippen MR) is 82.0 cm³/mol. The van der Waals surface area contributed by atoms with Crippen molar-refractivity contribution in [2.24, 2.45) is 0 Å². The van der Waals surface area contributed by atoms with E-state index in [4.69, 9.17) is 4.74 Å². The highest BCUT2D eigenvalue weighted by Gasteiger charge is 2.32. The van der Waals surface area contributed by atoms with Crippen LogP contribution in [-0.4, -0.2) is 45.5 Å². The van der Waals surface area contributed by atoms with Crippen LogP contribution in [0.4, 0.5) is 5.82 Å². The third kappa shape index (κ3) is 2.22. The number of nitrogens with zero attached hydrogens (tertiary/aromatic N) is 3. The molecule has 0 amide bonds.